The molecule has 17 heavy (non-hydrogen) atoms. The quantitative estimate of drug-likeness (QED) is 0.682. The predicted molar refractivity (Wildman–Crippen MR) is 63.2 cm³/mol. The Morgan fingerprint density at radius 2 is 1.94 bits per heavy atom. The second kappa shape index (κ2) is 5.07. The molecule has 2 aliphatic carbocycles. The summed E-state index contributed by atoms with van der Waals surface area (Å²) in [5.41, 5.74) is 0. The van der Waals surface area contributed by atoms with Gasteiger partial charge in [-0.3, -0.25) is 9.59 Å². The molecule has 2 aliphatic rings. The van der Waals surface area contributed by atoms with E-state index in [-0.39, 0.29) is 17.8 Å². The van der Waals surface area contributed by atoms with Crippen molar-refractivity contribution in [3.63, 3.8) is 0 Å². The Bertz CT molecular complexity index is 306. The Morgan fingerprint density at radius 3 is 2.53 bits per heavy atom. The zero-order chi connectivity index (χ0) is 12.4. The van der Waals surface area contributed by atoms with Gasteiger partial charge >= 0.3 is 5.97 Å². The molecule has 0 spiro atoms. The molecule has 2 rings (SSSR count). The van der Waals surface area contributed by atoms with Crippen LogP contribution in [0.1, 0.15) is 32.6 Å². The molecule has 0 aromatic rings. The van der Waals surface area contributed by atoms with Crippen molar-refractivity contribution < 1.29 is 14.3 Å². The molecular formula is C13H21NO3. The maximum Gasteiger partial charge on any atom is 0.307 e. The number of ether oxygens (including phenoxy) is 1. The highest BCUT2D eigenvalue weighted by Crippen LogP contribution is 2.57. The van der Waals surface area contributed by atoms with Crippen LogP contribution in [-0.4, -0.2) is 37.0 Å². The summed E-state index contributed by atoms with van der Waals surface area (Å²) in [6.45, 7) is 2.68. The van der Waals surface area contributed by atoms with Gasteiger partial charge in [-0.15, -0.1) is 0 Å². The van der Waals surface area contributed by atoms with Crippen LogP contribution < -0.4 is 0 Å². The van der Waals surface area contributed by atoms with E-state index < -0.39 is 0 Å². The highest BCUT2D eigenvalue weighted by molar-refractivity contribution is 5.82. The average molecular weight is 239 g/mol. The van der Waals surface area contributed by atoms with Crippen LogP contribution in [0.5, 0.6) is 0 Å². The van der Waals surface area contributed by atoms with Crippen LogP contribution in [0, 0.1) is 17.8 Å². The van der Waals surface area contributed by atoms with Crippen molar-refractivity contribution in [2.24, 2.45) is 17.8 Å². The lowest BCUT2D eigenvalue weighted by atomic mass is 10.1. The second-order valence-electron chi connectivity index (χ2n) is 5.10. The lowest BCUT2D eigenvalue weighted by Gasteiger charge is -2.17. The maximum atomic E-state index is 12.1. The number of hydrogen-bond donors (Lipinski definition) is 0. The third-order valence-corrected chi connectivity index (χ3v) is 4.02. The number of fused-ring (bicyclic) bond motifs is 1. The van der Waals surface area contributed by atoms with Crippen LogP contribution in [0.25, 0.3) is 0 Å². The smallest absolute Gasteiger partial charge is 0.307 e. The largest absolute Gasteiger partial charge is 0.466 e. The van der Waals surface area contributed by atoms with Crippen molar-refractivity contribution in [3.8, 4) is 0 Å². The lowest BCUT2D eigenvalue weighted by molar-refractivity contribution is -0.144. The fraction of sp³-hybridized carbons (Fsp3) is 0.846. The first-order chi connectivity index (χ1) is 8.15. The minimum absolute atomic E-state index is 0.219. The van der Waals surface area contributed by atoms with Gasteiger partial charge in [0.1, 0.15) is 0 Å². The Morgan fingerprint density at radius 1 is 1.29 bits per heavy atom. The molecule has 2 fully saturated rings. The van der Waals surface area contributed by atoms with Gasteiger partial charge in [-0.2, -0.15) is 0 Å². The first-order valence-electron chi connectivity index (χ1n) is 6.55. The van der Waals surface area contributed by atoms with E-state index in [1.165, 1.54) is 19.3 Å². The molecule has 0 radical (unpaired) electrons. The monoisotopic (exact) mass is 239 g/mol. The van der Waals surface area contributed by atoms with E-state index in [1.54, 1.807) is 18.9 Å². The average Bonchev–Trinajstić information content (AvgIpc) is 2.78. The van der Waals surface area contributed by atoms with Crippen molar-refractivity contribution in [1.29, 1.82) is 0 Å². The van der Waals surface area contributed by atoms with Gasteiger partial charge in [0.25, 0.3) is 0 Å². The van der Waals surface area contributed by atoms with Crippen molar-refractivity contribution in [2.45, 2.75) is 32.6 Å². The SMILES string of the molecule is CCOC(=O)CCN(C)C(=O)C1C2CCCC21. The maximum absolute atomic E-state index is 12.1. The Kier molecular flexibility index (Phi) is 3.69. The molecule has 2 atom stereocenters. The van der Waals surface area contributed by atoms with E-state index in [9.17, 15) is 9.59 Å². The summed E-state index contributed by atoms with van der Waals surface area (Å²) in [4.78, 5) is 24.9. The third kappa shape index (κ3) is 2.61. The molecule has 0 saturated heterocycles. The summed E-state index contributed by atoms with van der Waals surface area (Å²) in [7, 11) is 1.79. The zero-order valence-corrected chi connectivity index (χ0v) is 10.6. The van der Waals surface area contributed by atoms with E-state index in [1.807, 2.05) is 0 Å². The highest BCUT2D eigenvalue weighted by atomic mass is 16.5. The van der Waals surface area contributed by atoms with Gasteiger partial charge in [0, 0.05) is 19.5 Å². The summed E-state index contributed by atoms with van der Waals surface area (Å²) in [6, 6.07) is 0. The number of hydrogen-bond acceptors (Lipinski definition) is 3. The summed E-state index contributed by atoms with van der Waals surface area (Å²) < 4.78 is 4.85. The highest BCUT2D eigenvalue weighted by Gasteiger charge is 2.57. The van der Waals surface area contributed by atoms with E-state index in [4.69, 9.17) is 4.74 Å². The molecule has 1 amide bonds. The molecule has 0 aromatic carbocycles. The van der Waals surface area contributed by atoms with Gasteiger partial charge < -0.3 is 9.64 Å². The fourth-order valence-electron chi connectivity index (χ4n) is 3.04. The topological polar surface area (TPSA) is 46.6 Å². The van der Waals surface area contributed by atoms with Gasteiger partial charge in [-0.05, 0) is 31.6 Å². The van der Waals surface area contributed by atoms with Crippen molar-refractivity contribution in [3.05, 3.63) is 0 Å². The summed E-state index contributed by atoms with van der Waals surface area (Å²) in [6.07, 6.45) is 4.02. The van der Waals surface area contributed by atoms with Crippen molar-refractivity contribution in [2.75, 3.05) is 20.2 Å². The Hall–Kier alpha value is -1.06. The lowest BCUT2D eigenvalue weighted by Crippen LogP contribution is -2.31. The van der Waals surface area contributed by atoms with Crippen LogP contribution in [0.2, 0.25) is 0 Å². The van der Waals surface area contributed by atoms with Crippen LogP contribution in [0.3, 0.4) is 0 Å². The van der Waals surface area contributed by atoms with E-state index in [0.717, 1.165) is 0 Å². The van der Waals surface area contributed by atoms with E-state index in [2.05, 4.69) is 0 Å². The molecule has 0 bridgehead atoms. The molecule has 4 nitrogen and oxygen atoms in total. The first kappa shape index (κ1) is 12.4. The molecule has 4 heteroatoms. The number of amides is 1. The molecule has 0 heterocycles. The standard InChI is InChI=1S/C13H21NO3/c1-3-17-11(15)7-8-14(2)13(16)12-9-5-4-6-10(9)12/h9-10,12H,3-8H2,1-2H3. The molecule has 96 valence electrons. The molecule has 0 N–H and O–H groups in total. The Labute approximate surface area is 102 Å². The first-order valence-corrected chi connectivity index (χ1v) is 6.55. The minimum Gasteiger partial charge on any atom is -0.466 e. The van der Waals surface area contributed by atoms with Crippen LogP contribution in [0.15, 0.2) is 0 Å². The van der Waals surface area contributed by atoms with Gasteiger partial charge in [0.15, 0.2) is 0 Å². The number of carbonyl (C=O) groups excluding carboxylic acids is 2. The van der Waals surface area contributed by atoms with Crippen molar-refractivity contribution in [1.82, 2.24) is 4.90 Å². The summed E-state index contributed by atoms with van der Waals surface area (Å²) >= 11 is 0. The van der Waals surface area contributed by atoms with Crippen LogP contribution in [-0.2, 0) is 14.3 Å². The number of nitrogens with zero attached hydrogens (tertiary/aromatic N) is 1. The summed E-state index contributed by atoms with van der Waals surface area (Å²) in [5.74, 6) is 1.56. The summed E-state index contributed by atoms with van der Waals surface area (Å²) in [5, 5.41) is 0. The Balaban J connectivity index is 1.71. The van der Waals surface area contributed by atoms with Crippen LogP contribution >= 0.6 is 0 Å². The molecule has 2 saturated carbocycles. The fourth-order valence-corrected chi connectivity index (χ4v) is 3.04. The molecule has 0 aromatic heterocycles. The van der Waals surface area contributed by atoms with Gasteiger partial charge in [-0.25, -0.2) is 0 Å². The molecular weight excluding hydrogens is 218 g/mol. The van der Waals surface area contributed by atoms with E-state index >= 15 is 0 Å². The van der Waals surface area contributed by atoms with Crippen molar-refractivity contribution >= 4 is 11.9 Å². The van der Waals surface area contributed by atoms with Gasteiger partial charge in [0.2, 0.25) is 5.91 Å². The predicted octanol–water partition coefficient (Wildman–Crippen LogP) is 1.44. The van der Waals surface area contributed by atoms with Gasteiger partial charge in [-0.1, -0.05) is 6.42 Å². The molecule has 0 aliphatic heterocycles. The minimum atomic E-state index is -0.219. The number of carbonyl (C=O) groups is 2. The van der Waals surface area contributed by atoms with Crippen LogP contribution in [0.4, 0.5) is 0 Å². The van der Waals surface area contributed by atoms with Gasteiger partial charge in [0.05, 0.1) is 13.0 Å². The van der Waals surface area contributed by atoms with E-state index in [0.29, 0.717) is 31.4 Å². The number of rotatable bonds is 5. The zero-order valence-electron chi connectivity index (χ0n) is 10.6. The normalized spacial score (nSPS) is 29.6. The third-order valence-electron chi connectivity index (χ3n) is 4.02. The second-order valence-corrected chi connectivity index (χ2v) is 5.10. The molecule has 2 unspecified atom stereocenters. The number of esters is 1.